The molecule has 3 rings (SSSR count). The van der Waals surface area contributed by atoms with Gasteiger partial charge in [-0.1, -0.05) is 18.9 Å². The summed E-state index contributed by atoms with van der Waals surface area (Å²) in [6, 6.07) is 2.49. The van der Waals surface area contributed by atoms with Crippen LogP contribution in [0.2, 0.25) is 0 Å². The topological polar surface area (TPSA) is 170 Å². The number of hydrogen-bond donors (Lipinski definition) is 5. The molecule has 1 fully saturated rings. The van der Waals surface area contributed by atoms with Crippen molar-refractivity contribution in [1.29, 1.82) is 0 Å². The van der Waals surface area contributed by atoms with Crippen molar-refractivity contribution in [1.82, 2.24) is 0 Å². The number of rotatable bonds is 8. The van der Waals surface area contributed by atoms with Crippen LogP contribution in [-0.2, 0) is 9.47 Å². The molecule has 36 heavy (non-hydrogen) atoms. The number of benzene rings is 2. The number of aromatic hydroxyl groups is 4. The van der Waals surface area contributed by atoms with Gasteiger partial charge in [0.1, 0.15) is 23.0 Å². The molecule has 1 aliphatic carbocycles. The molecule has 0 bridgehead atoms. The average Bonchev–Trinajstić information content (AvgIpc) is 2.83. The zero-order chi connectivity index (χ0) is 26.9. The van der Waals surface area contributed by atoms with E-state index in [-0.39, 0.29) is 51.0 Å². The van der Waals surface area contributed by atoms with E-state index in [1.165, 1.54) is 33.1 Å². The summed E-state index contributed by atoms with van der Waals surface area (Å²) in [5.74, 6) is -3.53. The van der Waals surface area contributed by atoms with Gasteiger partial charge in [0.2, 0.25) is 5.88 Å². The van der Waals surface area contributed by atoms with Gasteiger partial charge in [-0.25, -0.2) is 4.99 Å². The van der Waals surface area contributed by atoms with Crippen molar-refractivity contribution in [2.75, 3.05) is 12.4 Å². The van der Waals surface area contributed by atoms with Gasteiger partial charge in [0.15, 0.2) is 6.40 Å². The van der Waals surface area contributed by atoms with Gasteiger partial charge in [0.05, 0.1) is 24.2 Å². The Kier molecular flexibility index (Phi) is 7.54. The van der Waals surface area contributed by atoms with Gasteiger partial charge in [-0.3, -0.25) is 0 Å². The molecule has 10 heteroatoms. The maximum atomic E-state index is 13.5. The van der Waals surface area contributed by atoms with Crippen LogP contribution < -0.4 is 15.5 Å². The largest absolute Gasteiger partial charge is 0.851 e. The minimum Gasteiger partial charge on any atom is -0.851 e. The van der Waals surface area contributed by atoms with E-state index in [4.69, 9.17) is 9.47 Å². The SMILES string of the molecule is C=C=C(Nc1cc(O)c(C)c(O)c1C1C([O-])C(c2c(N=COC(=C)C)cc(O)c(C)c2O)C1[O-])OC. The normalized spacial score (nSPS) is 20.9. The van der Waals surface area contributed by atoms with Gasteiger partial charge in [-0.2, -0.15) is 0 Å². The summed E-state index contributed by atoms with van der Waals surface area (Å²) in [6.07, 6.45) is -2.21. The quantitative estimate of drug-likeness (QED) is 0.159. The van der Waals surface area contributed by atoms with Crippen molar-refractivity contribution in [3.63, 3.8) is 0 Å². The van der Waals surface area contributed by atoms with Gasteiger partial charge in [0, 0.05) is 34.4 Å². The smallest absolute Gasteiger partial charge is 0.236 e. The van der Waals surface area contributed by atoms with E-state index < -0.39 is 35.5 Å². The molecule has 0 heterocycles. The summed E-state index contributed by atoms with van der Waals surface area (Å²) >= 11 is 0. The zero-order valence-electron chi connectivity index (χ0n) is 20.3. The maximum absolute atomic E-state index is 13.5. The van der Waals surface area contributed by atoms with Gasteiger partial charge < -0.3 is 45.4 Å². The van der Waals surface area contributed by atoms with Gasteiger partial charge >= 0.3 is 0 Å². The molecule has 10 nitrogen and oxygen atoms in total. The highest BCUT2D eigenvalue weighted by Gasteiger charge is 2.44. The number of aliphatic imine (C=N–C) groups is 1. The van der Waals surface area contributed by atoms with E-state index in [0.717, 1.165) is 6.40 Å². The second-order valence-corrected chi connectivity index (χ2v) is 8.50. The molecule has 0 spiro atoms. The van der Waals surface area contributed by atoms with E-state index in [0.29, 0.717) is 5.76 Å². The van der Waals surface area contributed by atoms with Crippen molar-refractivity contribution in [2.45, 2.75) is 44.8 Å². The average molecular weight is 497 g/mol. The number of methoxy groups -OCH3 is 1. The third-order valence-corrected chi connectivity index (χ3v) is 6.25. The minimum absolute atomic E-state index is 0.00277. The molecule has 2 aromatic carbocycles. The fourth-order valence-corrected chi connectivity index (χ4v) is 4.21. The van der Waals surface area contributed by atoms with Crippen molar-refractivity contribution in [3.8, 4) is 23.0 Å². The lowest BCUT2D eigenvalue weighted by atomic mass is 9.62. The summed E-state index contributed by atoms with van der Waals surface area (Å²) in [4.78, 5) is 4.07. The Hall–Kier alpha value is -4.11. The first-order chi connectivity index (χ1) is 16.9. The van der Waals surface area contributed by atoms with Crippen LogP contribution in [0, 0.1) is 13.8 Å². The van der Waals surface area contributed by atoms with Crippen LogP contribution in [0.25, 0.3) is 0 Å². The third-order valence-electron chi connectivity index (χ3n) is 6.25. The van der Waals surface area contributed by atoms with E-state index in [2.05, 4.69) is 29.2 Å². The standard InChI is InChI=1S/C26H28N2O8/c1-7-18(35-6)28-15-9-17(30)13(5)24(32)20(15)22-25(33)21(26(22)34)19-14(27-10-36-11(2)3)8-16(29)12(4)23(19)31/h8-10,21-22,25-26,28-32H,1-2H2,3-6H3/q-2. The molecule has 0 aromatic heterocycles. The number of anilines is 1. The molecule has 0 radical (unpaired) electrons. The van der Waals surface area contributed by atoms with Crippen molar-refractivity contribution in [2.24, 2.45) is 4.99 Å². The van der Waals surface area contributed by atoms with Crippen molar-refractivity contribution in [3.05, 3.63) is 64.9 Å². The lowest BCUT2D eigenvalue weighted by Gasteiger charge is -2.62. The highest BCUT2D eigenvalue weighted by molar-refractivity contribution is 5.71. The summed E-state index contributed by atoms with van der Waals surface area (Å²) in [5.41, 5.74) is 2.69. The molecule has 0 saturated heterocycles. The Morgan fingerprint density at radius 2 is 1.56 bits per heavy atom. The molecular formula is C26H28N2O8-2. The second kappa shape index (κ2) is 10.2. The number of phenolic OH excluding ortho intramolecular Hbond substituents is 4. The fourth-order valence-electron chi connectivity index (χ4n) is 4.21. The van der Waals surface area contributed by atoms with Crippen LogP contribution in [0.4, 0.5) is 11.4 Å². The van der Waals surface area contributed by atoms with E-state index in [9.17, 15) is 30.6 Å². The molecular weight excluding hydrogens is 468 g/mol. The molecule has 0 amide bonds. The molecule has 0 aliphatic heterocycles. The molecule has 1 aliphatic rings. The van der Waals surface area contributed by atoms with E-state index >= 15 is 0 Å². The number of ether oxygens (including phenoxy) is 2. The first-order valence-electron chi connectivity index (χ1n) is 10.9. The van der Waals surface area contributed by atoms with E-state index in [1.807, 2.05) is 0 Å². The fraction of sp³-hybridized carbons (Fsp3) is 0.308. The van der Waals surface area contributed by atoms with E-state index in [1.54, 1.807) is 6.92 Å². The molecule has 1 saturated carbocycles. The predicted octanol–water partition coefficient (Wildman–Crippen LogP) is 2.36. The Bertz CT molecular complexity index is 1270. The Labute approximate surface area is 208 Å². The first kappa shape index (κ1) is 26.5. The third kappa shape index (κ3) is 4.57. The van der Waals surface area contributed by atoms with Crippen LogP contribution in [0.3, 0.4) is 0 Å². The number of allylic oxidation sites excluding steroid dienone is 1. The molecule has 2 unspecified atom stereocenters. The number of nitrogens with zero attached hydrogens (tertiary/aromatic N) is 1. The minimum atomic E-state index is -1.62. The Morgan fingerprint density at radius 3 is 2.08 bits per heavy atom. The number of hydrogen-bond acceptors (Lipinski definition) is 10. The van der Waals surface area contributed by atoms with Gasteiger partial charge in [-0.05, 0) is 32.6 Å². The van der Waals surface area contributed by atoms with Crippen LogP contribution in [0.1, 0.15) is 41.0 Å². The molecule has 2 aromatic rings. The monoisotopic (exact) mass is 496 g/mol. The number of nitrogens with one attached hydrogen (secondary N) is 1. The lowest BCUT2D eigenvalue weighted by Crippen LogP contribution is -2.63. The Morgan fingerprint density at radius 1 is 1.03 bits per heavy atom. The predicted molar refractivity (Wildman–Crippen MR) is 129 cm³/mol. The maximum Gasteiger partial charge on any atom is 0.236 e. The number of phenols is 4. The van der Waals surface area contributed by atoms with Crippen molar-refractivity contribution < 1.29 is 40.1 Å². The highest BCUT2D eigenvalue weighted by Crippen LogP contribution is 2.56. The molecule has 192 valence electrons. The summed E-state index contributed by atoms with van der Waals surface area (Å²) in [7, 11) is 1.34. The molecule has 2 atom stereocenters. The highest BCUT2D eigenvalue weighted by atomic mass is 16.5. The van der Waals surface area contributed by atoms with Crippen LogP contribution in [0.5, 0.6) is 23.0 Å². The molecule has 5 N–H and O–H groups in total. The van der Waals surface area contributed by atoms with Crippen molar-refractivity contribution >= 4 is 17.8 Å². The summed E-state index contributed by atoms with van der Waals surface area (Å²) < 4.78 is 10.2. The lowest BCUT2D eigenvalue weighted by molar-refractivity contribution is -0.536. The van der Waals surface area contributed by atoms with Gasteiger partial charge in [0.25, 0.3) is 0 Å². The van der Waals surface area contributed by atoms with Gasteiger partial charge in [-0.15, -0.1) is 12.2 Å². The summed E-state index contributed by atoms with van der Waals surface area (Å²) in [6.45, 7) is 11.5. The van der Waals surface area contributed by atoms with Crippen LogP contribution in [-0.4, -0.2) is 46.1 Å². The van der Waals surface area contributed by atoms with Crippen LogP contribution >= 0.6 is 0 Å². The zero-order valence-corrected chi connectivity index (χ0v) is 20.3. The summed E-state index contributed by atoms with van der Waals surface area (Å²) in [5, 5.41) is 71.8. The van der Waals surface area contributed by atoms with Crippen LogP contribution in [0.15, 0.2) is 47.7 Å². The Balaban J connectivity index is 2.11. The second-order valence-electron chi connectivity index (χ2n) is 8.50. The first-order valence-corrected chi connectivity index (χ1v) is 10.9.